The summed E-state index contributed by atoms with van der Waals surface area (Å²) in [5, 5.41) is 17.0. The number of nitriles is 1. The fourth-order valence-electron chi connectivity index (χ4n) is 7.46. The number of rotatable bonds is 11. The van der Waals surface area contributed by atoms with E-state index in [1.807, 2.05) is 54.6 Å². The van der Waals surface area contributed by atoms with Crippen LogP contribution in [0.2, 0.25) is 0 Å². The Hall–Kier alpha value is -3.51. The van der Waals surface area contributed by atoms with Crippen LogP contribution in [0.25, 0.3) is 10.9 Å². The molecular formula is C36H47N5O3S. The van der Waals surface area contributed by atoms with Crippen LogP contribution in [-0.4, -0.2) is 37.5 Å². The summed E-state index contributed by atoms with van der Waals surface area (Å²) < 4.78 is 14.6. The van der Waals surface area contributed by atoms with Crippen LogP contribution in [0, 0.1) is 39.9 Å². The lowest BCUT2D eigenvalue weighted by atomic mass is 9.65. The van der Waals surface area contributed by atoms with Gasteiger partial charge in [0.1, 0.15) is 17.9 Å². The lowest BCUT2D eigenvalue weighted by molar-refractivity contribution is -0.122. The minimum Gasteiger partial charge on any atom is -0.358 e. The maximum atomic E-state index is 14.0. The van der Waals surface area contributed by atoms with Crippen molar-refractivity contribution >= 4 is 33.4 Å². The van der Waals surface area contributed by atoms with Gasteiger partial charge in [0.05, 0.1) is 17.3 Å². The summed E-state index contributed by atoms with van der Waals surface area (Å²) in [4.78, 5) is 31.8. The first-order valence-corrected chi connectivity index (χ1v) is 17.7. The van der Waals surface area contributed by atoms with E-state index in [0.29, 0.717) is 47.7 Å². The van der Waals surface area contributed by atoms with Gasteiger partial charge in [0, 0.05) is 28.5 Å². The molecular weight excluding hydrogens is 582 g/mol. The highest BCUT2D eigenvalue weighted by atomic mass is 32.2. The molecule has 2 aliphatic carbocycles. The van der Waals surface area contributed by atoms with Crippen LogP contribution in [0.4, 0.5) is 5.82 Å². The number of amides is 1. The second-order valence-electron chi connectivity index (χ2n) is 14.6. The monoisotopic (exact) mass is 629 g/mol. The van der Waals surface area contributed by atoms with Gasteiger partial charge in [-0.2, -0.15) is 10.2 Å². The third-order valence-electron chi connectivity index (χ3n) is 9.88. The van der Waals surface area contributed by atoms with Crippen molar-refractivity contribution in [1.29, 1.82) is 5.26 Å². The van der Waals surface area contributed by atoms with E-state index < -0.39 is 22.9 Å². The molecule has 1 spiro atoms. The smallest absolute Gasteiger partial charge is 0.350 e. The molecule has 240 valence electrons. The number of nitrogens with zero attached hydrogens (tertiary/aromatic N) is 3. The molecule has 3 aromatic rings. The SMILES string of the molecule is CC1CC(CC(Nc2nc(=O)n(CC(C)(C)C)c3ccccc23)C(=O)NC(C#N)CS(=O)Cc2ccccc2)CC(C)C12CC2. The van der Waals surface area contributed by atoms with Gasteiger partial charge in [-0.05, 0) is 78.4 Å². The van der Waals surface area contributed by atoms with Gasteiger partial charge >= 0.3 is 5.69 Å². The predicted octanol–water partition coefficient (Wildman–Crippen LogP) is 6.03. The number of hydrogen-bond donors (Lipinski definition) is 2. The van der Waals surface area contributed by atoms with Crippen molar-refractivity contribution in [3.63, 3.8) is 0 Å². The van der Waals surface area contributed by atoms with Crippen molar-refractivity contribution in [2.45, 2.75) is 91.1 Å². The molecule has 1 heterocycles. The topological polar surface area (TPSA) is 117 Å². The number of aromatic nitrogens is 2. The number of para-hydroxylation sites is 1. The maximum Gasteiger partial charge on any atom is 0.350 e. The van der Waals surface area contributed by atoms with Crippen LogP contribution >= 0.6 is 0 Å². The summed E-state index contributed by atoms with van der Waals surface area (Å²) in [6.45, 7) is 11.4. The van der Waals surface area contributed by atoms with Crippen molar-refractivity contribution in [2.24, 2.45) is 28.6 Å². The number of hydrogen-bond acceptors (Lipinski definition) is 6. The van der Waals surface area contributed by atoms with E-state index in [9.17, 15) is 19.1 Å². The van der Waals surface area contributed by atoms with Crippen LogP contribution in [0.5, 0.6) is 0 Å². The molecule has 2 aromatic carbocycles. The summed E-state index contributed by atoms with van der Waals surface area (Å²) in [6.07, 6.45) is 5.21. The first kappa shape index (κ1) is 32.9. The second kappa shape index (κ2) is 13.5. The molecule has 0 bridgehead atoms. The summed E-state index contributed by atoms with van der Waals surface area (Å²) in [7, 11) is -1.33. The van der Waals surface area contributed by atoms with Gasteiger partial charge < -0.3 is 10.6 Å². The average molecular weight is 630 g/mol. The molecule has 5 atom stereocenters. The minimum atomic E-state index is -1.33. The van der Waals surface area contributed by atoms with Crippen molar-refractivity contribution in [3.05, 3.63) is 70.6 Å². The molecule has 2 fully saturated rings. The van der Waals surface area contributed by atoms with Crippen molar-refractivity contribution in [3.8, 4) is 6.07 Å². The predicted molar refractivity (Wildman–Crippen MR) is 181 cm³/mol. The number of benzene rings is 2. The number of carbonyl (C=O) groups is 1. The Bertz CT molecular complexity index is 1620. The van der Waals surface area contributed by atoms with Gasteiger partial charge in [-0.25, -0.2) is 4.79 Å². The average Bonchev–Trinajstić information content (AvgIpc) is 3.79. The fraction of sp³-hybridized carbons (Fsp3) is 0.556. The Kier molecular flexibility index (Phi) is 9.83. The zero-order valence-corrected chi connectivity index (χ0v) is 28.0. The van der Waals surface area contributed by atoms with Crippen LogP contribution < -0.4 is 16.3 Å². The molecule has 1 aromatic heterocycles. The van der Waals surface area contributed by atoms with Crippen LogP contribution in [0.3, 0.4) is 0 Å². The van der Waals surface area contributed by atoms with Crippen LogP contribution in [0.1, 0.15) is 72.3 Å². The highest BCUT2D eigenvalue weighted by Crippen LogP contribution is 2.63. The number of carbonyl (C=O) groups excluding carboxylic acids is 1. The molecule has 0 aliphatic heterocycles. The molecule has 1 amide bonds. The van der Waals surface area contributed by atoms with Crippen molar-refractivity contribution < 1.29 is 9.00 Å². The lowest BCUT2D eigenvalue weighted by Gasteiger charge is -2.41. The van der Waals surface area contributed by atoms with Crippen molar-refractivity contribution in [1.82, 2.24) is 14.9 Å². The zero-order chi connectivity index (χ0) is 32.4. The molecule has 2 N–H and O–H groups in total. The van der Waals surface area contributed by atoms with Crippen LogP contribution in [-0.2, 0) is 27.9 Å². The minimum absolute atomic E-state index is 0.0356. The van der Waals surface area contributed by atoms with E-state index in [2.05, 4.69) is 56.3 Å². The Morgan fingerprint density at radius 3 is 2.36 bits per heavy atom. The van der Waals surface area contributed by atoms with Gasteiger partial charge in [-0.1, -0.05) is 77.1 Å². The van der Waals surface area contributed by atoms with Gasteiger partial charge in [0.15, 0.2) is 0 Å². The molecule has 5 unspecified atom stereocenters. The Morgan fingerprint density at radius 1 is 1.09 bits per heavy atom. The Morgan fingerprint density at radius 2 is 1.73 bits per heavy atom. The summed E-state index contributed by atoms with van der Waals surface area (Å²) in [6, 6.07) is 17.7. The van der Waals surface area contributed by atoms with Gasteiger partial charge in [0.25, 0.3) is 0 Å². The quantitative estimate of drug-likeness (QED) is 0.267. The van der Waals surface area contributed by atoms with E-state index in [-0.39, 0.29) is 22.8 Å². The van der Waals surface area contributed by atoms with Crippen LogP contribution in [0.15, 0.2) is 59.4 Å². The molecule has 0 radical (unpaired) electrons. The van der Waals surface area contributed by atoms with Gasteiger partial charge in [0.2, 0.25) is 5.91 Å². The highest BCUT2D eigenvalue weighted by molar-refractivity contribution is 7.84. The van der Waals surface area contributed by atoms with E-state index >= 15 is 0 Å². The van der Waals surface area contributed by atoms with E-state index in [0.717, 1.165) is 29.3 Å². The molecule has 2 aliphatic rings. The first-order chi connectivity index (χ1) is 21.4. The summed E-state index contributed by atoms with van der Waals surface area (Å²) in [5.74, 6) is 1.87. The lowest BCUT2D eigenvalue weighted by Crippen LogP contribution is -2.47. The van der Waals surface area contributed by atoms with Crippen molar-refractivity contribution in [2.75, 3.05) is 11.1 Å². The number of nitrogens with one attached hydrogen (secondary N) is 2. The van der Waals surface area contributed by atoms with Gasteiger partial charge in [-0.15, -0.1) is 0 Å². The zero-order valence-electron chi connectivity index (χ0n) is 27.2. The molecule has 2 saturated carbocycles. The summed E-state index contributed by atoms with van der Waals surface area (Å²) in [5.41, 5.74) is 1.63. The Labute approximate surface area is 269 Å². The highest BCUT2D eigenvalue weighted by Gasteiger charge is 2.54. The second-order valence-corrected chi connectivity index (χ2v) is 16.1. The molecule has 9 heteroatoms. The molecule has 0 saturated heterocycles. The number of fused-ring (bicyclic) bond motifs is 1. The molecule has 45 heavy (non-hydrogen) atoms. The van der Waals surface area contributed by atoms with E-state index in [4.69, 9.17) is 0 Å². The first-order valence-electron chi connectivity index (χ1n) is 16.2. The number of anilines is 1. The maximum absolute atomic E-state index is 14.0. The van der Waals surface area contributed by atoms with Gasteiger partial charge in [-0.3, -0.25) is 13.6 Å². The fourth-order valence-corrected chi connectivity index (χ4v) is 8.67. The standard InChI is InChI=1S/C36H47N5O3S/c1-24-17-27(18-25(2)36(24)15-16-36)19-30(33(42)38-28(20-37)22-45(44)21-26-11-7-6-8-12-26)39-32-29-13-9-10-14-31(29)41(34(43)40-32)23-35(3,4)5/h6-14,24-25,27-28,30H,15-19,21-23H2,1-5H3,(H,38,42)(H,39,40,43). The third-order valence-corrected chi connectivity index (χ3v) is 11.2. The molecule has 8 nitrogen and oxygen atoms in total. The van der Waals surface area contributed by atoms with E-state index in [1.165, 1.54) is 12.8 Å². The normalized spacial score (nSPS) is 22.7. The molecule has 5 rings (SSSR count). The van der Waals surface area contributed by atoms with E-state index in [1.54, 1.807) is 4.57 Å². The summed E-state index contributed by atoms with van der Waals surface area (Å²) >= 11 is 0. The third kappa shape index (κ3) is 7.84. The Balaban J connectivity index is 1.40. The largest absolute Gasteiger partial charge is 0.358 e.